The number of aliphatic imine (C=N–C) groups is 1. The van der Waals surface area contributed by atoms with Crippen molar-refractivity contribution in [1.29, 1.82) is 0 Å². The summed E-state index contributed by atoms with van der Waals surface area (Å²) in [4.78, 5) is 5.50. The lowest BCUT2D eigenvalue weighted by Gasteiger charge is -2.25. The van der Waals surface area contributed by atoms with Gasteiger partial charge in [-0.1, -0.05) is 26.0 Å². The number of nitrogens with one attached hydrogen (secondary N) is 2. The van der Waals surface area contributed by atoms with Crippen LogP contribution in [0.1, 0.15) is 24.3 Å². The Labute approximate surface area is 185 Å². The van der Waals surface area contributed by atoms with Crippen LogP contribution in [0.4, 0.5) is 8.78 Å². The highest BCUT2D eigenvalue weighted by atomic mass is 127. The van der Waals surface area contributed by atoms with E-state index in [0.717, 1.165) is 5.56 Å². The first-order valence-electron chi connectivity index (χ1n) is 8.46. The average Bonchev–Trinajstić information content (AvgIpc) is 3.17. The Hall–Kier alpha value is -1.62. The van der Waals surface area contributed by atoms with Gasteiger partial charge in [0.2, 0.25) is 0 Å². The fourth-order valence-electron chi connectivity index (χ4n) is 2.48. The van der Waals surface area contributed by atoms with E-state index in [0.29, 0.717) is 19.0 Å². The Balaban J connectivity index is 0.00000392. The molecule has 0 saturated heterocycles. The summed E-state index contributed by atoms with van der Waals surface area (Å²) in [6.45, 7) is 2.53. The highest BCUT2D eigenvalue weighted by Crippen LogP contribution is 2.29. The Kier molecular flexibility index (Phi) is 9.94. The molecule has 0 bridgehead atoms. The third-order valence-electron chi connectivity index (χ3n) is 4.01. The highest BCUT2D eigenvalue weighted by molar-refractivity contribution is 14.0. The number of rotatable bonds is 8. The summed E-state index contributed by atoms with van der Waals surface area (Å²) >= 11 is 1.72. The number of benzene rings is 1. The summed E-state index contributed by atoms with van der Waals surface area (Å²) in [7, 11) is 3.10. The van der Waals surface area contributed by atoms with E-state index in [9.17, 15) is 8.78 Å². The second-order valence-corrected chi connectivity index (χ2v) is 7.45. The van der Waals surface area contributed by atoms with Crippen molar-refractivity contribution in [2.75, 3.05) is 20.7 Å². The van der Waals surface area contributed by atoms with Gasteiger partial charge in [0, 0.05) is 30.4 Å². The number of alkyl halides is 2. The van der Waals surface area contributed by atoms with Crippen LogP contribution in [0.5, 0.6) is 11.5 Å². The van der Waals surface area contributed by atoms with Crippen LogP contribution in [0.3, 0.4) is 0 Å². The number of hydrogen-bond donors (Lipinski definition) is 2. The molecule has 0 saturated carbocycles. The molecule has 0 radical (unpaired) electrons. The zero-order valence-electron chi connectivity index (χ0n) is 16.3. The molecule has 0 unspecified atom stereocenters. The highest BCUT2D eigenvalue weighted by Gasteiger charge is 2.22. The maximum absolute atomic E-state index is 12.5. The minimum absolute atomic E-state index is 0. The van der Waals surface area contributed by atoms with Crippen LogP contribution in [-0.4, -0.2) is 33.3 Å². The summed E-state index contributed by atoms with van der Waals surface area (Å²) in [5.41, 5.74) is 0.733. The van der Waals surface area contributed by atoms with Crippen molar-refractivity contribution in [1.82, 2.24) is 10.6 Å². The van der Waals surface area contributed by atoms with Gasteiger partial charge in [-0.2, -0.15) is 8.78 Å². The van der Waals surface area contributed by atoms with Gasteiger partial charge in [-0.15, -0.1) is 35.3 Å². The Morgan fingerprint density at radius 2 is 1.96 bits per heavy atom. The van der Waals surface area contributed by atoms with Crippen molar-refractivity contribution in [2.45, 2.75) is 32.4 Å². The van der Waals surface area contributed by atoms with Crippen LogP contribution in [-0.2, 0) is 12.0 Å². The molecule has 0 aliphatic rings. The molecule has 0 fully saturated rings. The molecule has 0 amide bonds. The minimum atomic E-state index is -2.91. The van der Waals surface area contributed by atoms with Crippen molar-refractivity contribution < 1.29 is 18.3 Å². The molecule has 2 aromatic rings. The number of methoxy groups -OCH3 is 1. The first kappa shape index (κ1) is 24.4. The first-order chi connectivity index (χ1) is 12.9. The summed E-state index contributed by atoms with van der Waals surface area (Å²) in [5.74, 6) is 0.902. The van der Waals surface area contributed by atoms with E-state index in [4.69, 9.17) is 4.74 Å². The zero-order chi connectivity index (χ0) is 19.9. The molecule has 0 spiro atoms. The average molecular weight is 525 g/mol. The Morgan fingerprint density at radius 1 is 1.21 bits per heavy atom. The maximum Gasteiger partial charge on any atom is 0.387 e. The van der Waals surface area contributed by atoms with E-state index in [-0.39, 0.29) is 40.9 Å². The molecule has 0 atom stereocenters. The van der Waals surface area contributed by atoms with Gasteiger partial charge in [0.15, 0.2) is 17.5 Å². The monoisotopic (exact) mass is 525 g/mol. The quantitative estimate of drug-likeness (QED) is 0.300. The maximum atomic E-state index is 12.5. The van der Waals surface area contributed by atoms with E-state index >= 15 is 0 Å². The topological polar surface area (TPSA) is 54.9 Å². The van der Waals surface area contributed by atoms with Gasteiger partial charge in [0.05, 0.1) is 7.11 Å². The van der Waals surface area contributed by atoms with Crippen molar-refractivity contribution in [3.8, 4) is 11.5 Å². The molecule has 1 heterocycles. The van der Waals surface area contributed by atoms with Crippen LogP contribution in [0.15, 0.2) is 40.7 Å². The summed E-state index contributed by atoms with van der Waals surface area (Å²) in [6.07, 6.45) is 0. The van der Waals surface area contributed by atoms with Crippen LogP contribution in [0.2, 0.25) is 0 Å². The number of hydrogen-bond acceptors (Lipinski definition) is 4. The molecule has 2 rings (SSSR count). The predicted molar refractivity (Wildman–Crippen MR) is 121 cm³/mol. The number of nitrogens with zero attached hydrogens (tertiary/aromatic N) is 1. The summed E-state index contributed by atoms with van der Waals surface area (Å²) in [5, 5.41) is 8.55. The lowest BCUT2D eigenvalue weighted by Crippen LogP contribution is -2.42. The minimum Gasteiger partial charge on any atom is -0.493 e. The van der Waals surface area contributed by atoms with E-state index < -0.39 is 6.61 Å². The van der Waals surface area contributed by atoms with Crippen LogP contribution < -0.4 is 20.1 Å². The van der Waals surface area contributed by atoms with E-state index in [1.807, 2.05) is 6.07 Å². The van der Waals surface area contributed by atoms with Crippen molar-refractivity contribution in [2.24, 2.45) is 4.99 Å². The Morgan fingerprint density at radius 3 is 2.54 bits per heavy atom. The number of ether oxygens (including phenoxy) is 2. The molecular formula is C19H26F2IN3O2S. The molecule has 156 valence electrons. The van der Waals surface area contributed by atoms with Gasteiger partial charge in [0.25, 0.3) is 0 Å². The third kappa shape index (κ3) is 7.08. The summed E-state index contributed by atoms with van der Waals surface area (Å²) < 4.78 is 34.6. The lowest BCUT2D eigenvalue weighted by molar-refractivity contribution is -0.0512. The smallest absolute Gasteiger partial charge is 0.387 e. The van der Waals surface area contributed by atoms with Crippen molar-refractivity contribution in [3.63, 3.8) is 0 Å². The van der Waals surface area contributed by atoms with Gasteiger partial charge in [-0.05, 0) is 29.1 Å². The van der Waals surface area contributed by atoms with Crippen LogP contribution in [0, 0.1) is 0 Å². The third-order valence-corrected chi connectivity index (χ3v) is 5.25. The molecule has 0 aliphatic carbocycles. The number of halogens is 3. The summed E-state index contributed by atoms with van der Waals surface area (Å²) in [6, 6.07) is 9.07. The van der Waals surface area contributed by atoms with Crippen LogP contribution in [0.25, 0.3) is 0 Å². The molecule has 1 aromatic carbocycles. The van der Waals surface area contributed by atoms with E-state index in [2.05, 4.69) is 45.7 Å². The van der Waals surface area contributed by atoms with Gasteiger partial charge >= 0.3 is 6.61 Å². The van der Waals surface area contributed by atoms with E-state index in [1.165, 1.54) is 18.1 Å². The predicted octanol–water partition coefficient (Wildman–Crippen LogP) is 4.62. The van der Waals surface area contributed by atoms with Gasteiger partial charge in [-0.3, -0.25) is 4.99 Å². The number of guanidine groups is 1. The van der Waals surface area contributed by atoms with Gasteiger partial charge in [-0.25, -0.2) is 0 Å². The Bertz CT molecular complexity index is 756. The normalized spacial score (nSPS) is 11.8. The first-order valence-corrected chi connectivity index (χ1v) is 9.34. The zero-order valence-corrected chi connectivity index (χ0v) is 19.4. The molecule has 0 aliphatic heterocycles. The molecule has 1 aromatic heterocycles. The van der Waals surface area contributed by atoms with Crippen LogP contribution >= 0.6 is 35.3 Å². The largest absolute Gasteiger partial charge is 0.493 e. The van der Waals surface area contributed by atoms with Gasteiger partial charge in [0.1, 0.15) is 0 Å². The molecule has 9 heteroatoms. The van der Waals surface area contributed by atoms with Crippen molar-refractivity contribution >= 4 is 41.3 Å². The molecule has 2 N–H and O–H groups in total. The number of thiophene rings is 1. The van der Waals surface area contributed by atoms with Crippen molar-refractivity contribution in [3.05, 3.63) is 46.2 Å². The molecular weight excluding hydrogens is 499 g/mol. The van der Waals surface area contributed by atoms with E-state index in [1.54, 1.807) is 30.5 Å². The fourth-order valence-corrected chi connectivity index (χ4v) is 3.33. The SMILES string of the molecule is CN=C(NCc1ccc(OC)c(OC(F)F)c1)NCC(C)(C)c1cccs1.I. The van der Waals surface area contributed by atoms with Gasteiger partial charge < -0.3 is 20.1 Å². The fraction of sp³-hybridized carbons (Fsp3) is 0.421. The molecule has 28 heavy (non-hydrogen) atoms. The molecule has 5 nitrogen and oxygen atoms in total. The second kappa shape index (κ2) is 11.4. The standard InChI is InChI=1S/C19H25F2N3O2S.HI/c1-19(2,16-6-5-9-27-16)12-24-18(22-3)23-11-13-7-8-14(25-4)15(10-13)26-17(20)21;/h5-10,17H,11-12H2,1-4H3,(H2,22,23,24);1H. The second-order valence-electron chi connectivity index (χ2n) is 6.50. The lowest BCUT2D eigenvalue weighted by atomic mass is 9.91.